The number of carbonyl (C=O) groups is 2. The number of rotatable bonds is 4. The van der Waals surface area contributed by atoms with Gasteiger partial charge < -0.3 is 16.0 Å². The summed E-state index contributed by atoms with van der Waals surface area (Å²) in [6.07, 6.45) is 0.794. The molecule has 2 aromatic carbocycles. The lowest BCUT2D eigenvalue weighted by Crippen LogP contribution is -2.47. The van der Waals surface area contributed by atoms with Crippen molar-refractivity contribution in [3.8, 4) is 17.3 Å². The largest absolute Gasteiger partial charge is 0.365 e. The average Bonchev–Trinajstić information content (AvgIpc) is 3.17. The minimum atomic E-state index is -0.607. The van der Waals surface area contributed by atoms with E-state index < -0.39 is 5.91 Å². The van der Waals surface area contributed by atoms with Gasteiger partial charge in [-0.15, -0.1) is 0 Å². The van der Waals surface area contributed by atoms with Gasteiger partial charge in [-0.05, 0) is 49.2 Å². The zero-order valence-corrected chi connectivity index (χ0v) is 19.1. The fraction of sp³-hybridized carbons (Fsp3) is 0.250. The first-order valence-electron chi connectivity index (χ1n) is 10.6. The molecule has 3 amide bonds. The maximum Gasteiger partial charge on any atom is 0.322 e. The summed E-state index contributed by atoms with van der Waals surface area (Å²) in [5.74, 6) is -0.607. The van der Waals surface area contributed by atoms with Crippen LogP contribution < -0.4 is 11.1 Å². The van der Waals surface area contributed by atoms with E-state index in [-0.39, 0.29) is 18.6 Å². The minimum absolute atomic E-state index is 0.171. The zero-order chi connectivity index (χ0) is 23.7. The van der Waals surface area contributed by atoms with Crippen LogP contribution in [0.15, 0.2) is 42.5 Å². The number of nitrogens with two attached hydrogens (primary N) is 1. The number of aryl methyl sites for hydroxylation is 1. The second-order valence-corrected chi connectivity index (χ2v) is 8.38. The Balaban J connectivity index is 1.65. The molecule has 0 spiro atoms. The molecule has 9 heteroatoms. The molecule has 1 aliphatic heterocycles. The number of nitriles is 1. The lowest BCUT2D eigenvalue weighted by atomic mass is 10.0. The monoisotopic (exact) mass is 462 g/mol. The van der Waals surface area contributed by atoms with Crippen LogP contribution in [0.5, 0.6) is 0 Å². The number of carbonyl (C=O) groups excluding carboxylic acids is 2. The third kappa shape index (κ3) is 4.28. The summed E-state index contributed by atoms with van der Waals surface area (Å²) in [5.41, 5.74) is 9.88. The molecule has 3 N–H and O–H groups in total. The predicted octanol–water partition coefficient (Wildman–Crippen LogP) is 4.17. The van der Waals surface area contributed by atoms with Gasteiger partial charge in [0.05, 0.1) is 42.0 Å². The predicted molar refractivity (Wildman–Crippen MR) is 126 cm³/mol. The van der Waals surface area contributed by atoms with E-state index in [2.05, 4.69) is 10.4 Å². The van der Waals surface area contributed by atoms with E-state index in [0.717, 1.165) is 12.0 Å². The van der Waals surface area contributed by atoms with Crippen LogP contribution in [-0.4, -0.2) is 32.7 Å². The fourth-order valence-electron chi connectivity index (χ4n) is 4.01. The van der Waals surface area contributed by atoms with Crippen LogP contribution in [0.1, 0.15) is 41.0 Å². The maximum atomic E-state index is 13.0. The second-order valence-electron chi connectivity index (χ2n) is 7.97. The third-order valence-electron chi connectivity index (χ3n) is 5.83. The van der Waals surface area contributed by atoms with E-state index in [1.165, 1.54) is 0 Å². The first-order valence-corrected chi connectivity index (χ1v) is 11.0. The van der Waals surface area contributed by atoms with Gasteiger partial charge in [0.25, 0.3) is 5.91 Å². The van der Waals surface area contributed by atoms with Crippen LogP contribution >= 0.6 is 11.6 Å². The van der Waals surface area contributed by atoms with Gasteiger partial charge in [0.2, 0.25) is 0 Å². The highest BCUT2D eigenvalue weighted by Crippen LogP contribution is 2.32. The summed E-state index contributed by atoms with van der Waals surface area (Å²) in [5, 5.41) is 17.0. The van der Waals surface area contributed by atoms with E-state index in [1.54, 1.807) is 39.9 Å². The van der Waals surface area contributed by atoms with Crippen LogP contribution in [0.2, 0.25) is 5.02 Å². The molecule has 0 fully saturated rings. The summed E-state index contributed by atoms with van der Waals surface area (Å²) < 4.78 is 1.74. The van der Waals surface area contributed by atoms with Crippen molar-refractivity contribution in [2.45, 2.75) is 39.4 Å². The second kappa shape index (κ2) is 8.96. The van der Waals surface area contributed by atoms with Crippen molar-refractivity contribution < 1.29 is 9.59 Å². The van der Waals surface area contributed by atoms with Gasteiger partial charge in [-0.2, -0.15) is 10.4 Å². The summed E-state index contributed by atoms with van der Waals surface area (Å²) in [7, 11) is 0. The highest BCUT2D eigenvalue weighted by atomic mass is 35.5. The topological polar surface area (TPSA) is 117 Å². The van der Waals surface area contributed by atoms with Crippen LogP contribution in [0, 0.1) is 11.3 Å². The fourth-order valence-corrected chi connectivity index (χ4v) is 4.33. The number of urea groups is 1. The molecule has 4 rings (SSSR count). The van der Waals surface area contributed by atoms with Crippen molar-refractivity contribution in [1.29, 1.82) is 5.26 Å². The van der Waals surface area contributed by atoms with Gasteiger partial charge >= 0.3 is 6.03 Å². The normalized spacial score (nSPS) is 15.0. The van der Waals surface area contributed by atoms with Gasteiger partial charge in [0, 0.05) is 16.3 Å². The first-order chi connectivity index (χ1) is 15.8. The summed E-state index contributed by atoms with van der Waals surface area (Å²) in [4.78, 5) is 27.1. The number of hydrogen-bond acceptors (Lipinski definition) is 4. The Bertz CT molecular complexity index is 1280. The molecule has 168 valence electrons. The molecule has 0 aliphatic carbocycles. The molecule has 3 aromatic rings. The summed E-state index contributed by atoms with van der Waals surface area (Å²) in [6.45, 7) is 4.52. The Morgan fingerprint density at radius 3 is 2.61 bits per heavy atom. The molecule has 2 heterocycles. The Morgan fingerprint density at radius 1 is 1.27 bits per heavy atom. The molecule has 33 heavy (non-hydrogen) atoms. The van der Waals surface area contributed by atoms with Gasteiger partial charge in [-0.3, -0.25) is 9.48 Å². The molecular weight excluding hydrogens is 440 g/mol. The van der Waals surface area contributed by atoms with E-state index in [1.807, 2.05) is 32.0 Å². The van der Waals surface area contributed by atoms with Gasteiger partial charge in [-0.1, -0.05) is 30.7 Å². The number of nitrogens with zero attached hydrogens (tertiary/aromatic N) is 4. The Kier molecular flexibility index (Phi) is 6.07. The van der Waals surface area contributed by atoms with Crippen molar-refractivity contribution >= 4 is 29.2 Å². The molecule has 0 saturated heterocycles. The molecule has 8 nitrogen and oxygen atoms in total. The lowest BCUT2D eigenvalue weighted by Gasteiger charge is -2.34. The summed E-state index contributed by atoms with van der Waals surface area (Å²) >= 11 is 6.39. The van der Waals surface area contributed by atoms with Crippen LogP contribution in [0.25, 0.3) is 11.3 Å². The number of aromatic nitrogens is 2. The van der Waals surface area contributed by atoms with Gasteiger partial charge in [-0.25, -0.2) is 4.79 Å². The number of halogens is 1. The third-order valence-corrected chi connectivity index (χ3v) is 6.18. The number of benzene rings is 2. The molecule has 1 unspecified atom stereocenters. The van der Waals surface area contributed by atoms with E-state index >= 15 is 0 Å². The first kappa shape index (κ1) is 22.4. The Hall–Kier alpha value is -3.83. The highest BCUT2D eigenvalue weighted by Gasteiger charge is 2.33. The highest BCUT2D eigenvalue weighted by molar-refractivity contribution is 6.31. The molecule has 0 saturated carbocycles. The van der Waals surface area contributed by atoms with Crippen molar-refractivity contribution in [3.63, 3.8) is 0 Å². The lowest BCUT2D eigenvalue weighted by molar-refractivity contribution is 0.0995. The van der Waals surface area contributed by atoms with E-state index in [9.17, 15) is 9.59 Å². The maximum absolute atomic E-state index is 13.0. The number of hydrogen-bond donors (Lipinski definition) is 2. The number of nitrogens with one attached hydrogen (secondary N) is 1. The Labute approximate surface area is 196 Å². The molecule has 0 bridgehead atoms. The molecule has 1 atom stereocenters. The van der Waals surface area contributed by atoms with Gasteiger partial charge in [0.15, 0.2) is 0 Å². The molecule has 1 aromatic heterocycles. The van der Waals surface area contributed by atoms with Crippen molar-refractivity contribution in [1.82, 2.24) is 14.7 Å². The van der Waals surface area contributed by atoms with Crippen molar-refractivity contribution in [2.75, 3.05) is 5.32 Å². The van der Waals surface area contributed by atoms with Crippen molar-refractivity contribution in [2.24, 2.45) is 5.73 Å². The number of amides is 3. The van der Waals surface area contributed by atoms with Crippen molar-refractivity contribution in [3.05, 3.63) is 69.9 Å². The summed E-state index contributed by atoms with van der Waals surface area (Å²) in [6, 6.07) is 13.8. The SMILES string of the molecule is CCc1ccc(-c2nn3c(c2C(N)=O)CN(C(=O)Nc2ccc(C#N)cc2)C(C)C3)cc1Cl. The standard InChI is InChI=1S/C24H23ClN6O2/c1-3-16-6-7-17(10-19(16)25)22-21(23(27)32)20-13-30(14(2)12-31(20)29-22)24(33)28-18-8-4-15(11-26)5-9-18/h4-10,14H,3,12-13H2,1-2H3,(H2,27,32)(H,28,33). The average molecular weight is 463 g/mol. The van der Waals surface area contributed by atoms with E-state index in [0.29, 0.717) is 45.3 Å². The molecule has 0 radical (unpaired) electrons. The quantitative estimate of drug-likeness (QED) is 0.604. The van der Waals surface area contributed by atoms with Crippen LogP contribution in [-0.2, 0) is 19.5 Å². The van der Waals surface area contributed by atoms with Gasteiger partial charge in [0.1, 0.15) is 5.69 Å². The van der Waals surface area contributed by atoms with Crippen LogP contribution in [0.3, 0.4) is 0 Å². The molecule has 1 aliphatic rings. The Morgan fingerprint density at radius 2 is 2.00 bits per heavy atom. The minimum Gasteiger partial charge on any atom is -0.365 e. The zero-order valence-electron chi connectivity index (χ0n) is 18.3. The number of fused-ring (bicyclic) bond motifs is 1. The van der Waals surface area contributed by atoms with E-state index in [4.69, 9.17) is 22.6 Å². The van der Waals surface area contributed by atoms with Crippen LogP contribution in [0.4, 0.5) is 10.5 Å². The molecular formula is C24H23ClN6O2. The smallest absolute Gasteiger partial charge is 0.322 e. The number of anilines is 1. The number of primary amides is 1.